The zero-order valence-electron chi connectivity index (χ0n) is 22.1. The van der Waals surface area contributed by atoms with E-state index in [-0.39, 0.29) is 24.4 Å². The number of hydrogen-bond donors (Lipinski definition) is 5. The third kappa shape index (κ3) is 7.24. The first-order valence-electron chi connectivity index (χ1n) is 12.6. The van der Waals surface area contributed by atoms with Crippen molar-refractivity contribution in [3.63, 3.8) is 0 Å². The minimum absolute atomic E-state index is 0.00840. The minimum Gasteiger partial charge on any atom is -0.372 e. The van der Waals surface area contributed by atoms with Gasteiger partial charge in [0.2, 0.25) is 12.3 Å². The van der Waals surface area contributed by atoms with Crippen molar-refractivity contribution in [2.75, 3.05) is 5.32 Å². The van der Waals surface area contributed by atoms with Gasteiger partial charge in [0.15, 0.2) is 5.25 Å². The number of anilines is 1. The quantitative estimate of drug-likeness (QED) is 0.135. The van der Waals surface area contributed by atoms with Gasteiger partial charge in [0.25, 0.3) is 16.0 Å². The van der Waals surface area contributed by atoms with Gasteiger partial charge in [-0.2, -0.15) is 8.42 Å². The van der Waals surface area contributed by atoms with E-state index in [2.05, 4.69) is 26.3 Å². The molecule has 0 aliphatic carbocycles. The number of hydrogen-bond acceptors (Lipinski definition) is 6. The van der Waals surface area contributed by atoms with Crippen molar-refractivity contribution >= 4 is 45.1 Å². The van der Waals surface area contributed by atoms with Crippen LogP contribution in [0, 0.1) is 0 Å². The summed E-state index contributed by atoms with van der Waals surface area (Å²) in [5, 5.41) is 3.73. The summed E-state index contributed by atoms with van der Waals surface area (Å²) in [5.74, 6) is -0.547. The Morgan fingerprint density at radius 1 is 0.905 bits per heavy atom. The van der Waals surface area contributed by atoms with Crippen molar-refractivity contribution in [2.45, 2.75) is 11.8 Å². The van der Waals surface area contributed by atoms with E-state index >= 15 is 0 Å². The van der Waals surface area contributed by atoms with Crippen LogP contribution >= 0.6 is 0 Å². The maximum absolute atomic E-state index is 13.0. The first kappa shape index (κ1) is 29.6. The molecule has 1 aromatic heterocycles. The molecule has 4 aromatic carbocycles. The number of carbonyl (C=O) groups is 3. The highest BCUT2D eigenvalue weighted by molar-refractivity contribution is 7.86. The Hall–Kier alpha value is -5.33. The number of carbonyl (C=O) groups excluding carboxylic acids is 3. The molecular formula is C30H27N5O6S. The van der Waals surface area contributed by atoms with Crippen LogP contribution in [0.3, 0.4) is 0 Å². The number of nitrogens with two attached hydrogens (primary N) is 1. The Kier molecular flexibility index (Phi) is 9.42. The number of aromatic nitrogens is 2. The lowest BCUT2D eigenvalue weighted by molar-refractivity contribution is -0.121. The van der Waals surface area contributed by atoms with E-state index in [0.717, 1.165) is 16.6 Å². The van der Waals surface area contributed by atoms with Crippen LogP contribution in [0.25, 0.3) is 22.4 Å². The van der Waals surface area contributed by atoms with Crippen molar-refractivity contribution in [2.24, 2.45) is 5.73 Å². The van der Waals surface area contributed by atoms with E-state index in [0.29, 0.717) is 22.6 Å². The minimum atomic E-state index is -4.67. The number of benzene rings is 4. The van der Waals surface area contributed by atoms with Crippen molar-refractivity contribution < 1.29 is 27.4 Å². The lowest BCUT2D eigenvalue weighted by Gasteiger charge is -2.15. The summed E-state index contributed by atoms with van der Waals surface area (Å²) < 4.78 is 33.3. The van der Waals surface area contributed by atoms with Gasteiger partial charge in [-0.25, -0.2) is 4.98 Å². The molecule has 3 amide bonds. The van der Waals surface area contributed by atoms with Crippen LogP contribution in [-0.2, 0) is 26.3 Å². The summed E-state index contributed by atoms with van der Waals surface area (Å²) in [7, 11) is -4.67. The SMILES string of the molecule is NC=O.O=C(Nc1ccccc1-c1nc2ccccc2[nH]1)c1ccc(CNC(=O)C(c2ccccc2)S(=O)(=O)O)cc1. The highest BCUT2D eigenvalue weighted by atomic mass is 32.2. The normalized spacial score (nSPS) is 11.5. The molecule has 12 heteroatoms. The lowest BCUT2D eigenvalue weighted by atomic mass is 10.1. The second-order valence-corrected chi connectivity index (χ2v) is 10.5. The van der Waals surface area contributed by atoms with E-state index in [1.165, 1.54) is 12.1 Å². The molecule has 1 heterocycles. The summed E-state index contributed by atoms with van der Waals surface area (Å²) in [6.45, 7) is 0.00840. The fraction of sp³-hybridized carbons (Fsp3) is 0.0667. The van der Waals surface area contributed by atoms with Crippen molar-refractivity contribution in [1.82, 2.24) is 15.3 Å². The Morgan fingerprint density at radius 3 is 2.19 bits per heavy atom. The first-order chi connectivity index (χ1) is 20.2. The number of amides is 3. The van der Waals surface area contributed by atoms with Gasteiger partial charge in [0.1, 0.15) is 5.82 Å². The number of H-pyrrole nitrogens is 1. The fourth-order valence-corrected chi connectivity index (χ4v) is 5.07. The molecule has 0 saturated heterocycles. The molecule has 214 valence electrons. The smallest absolute Gasteiger partial charge is 0.281 e. The summed E-state index contributed by atoms with van der Waals surface area (Å²) in [6, 6.07) is 29.3. The average Bonchev–Trinajstić information content (AvgIpc) is 3.41. The largest absolute Gasteiger partial charge is 0.372 e. The third-order valence-corrected chi connectivity index (χ3v) is 7.22. The molecule has 1 unspecified atom stereocenters. The highest BCUT2D eigenvalue weighted by Gasteiger charge is 2.32. The molecule has 5 aromatic rings. The van der Waals surface area contributed by atoms with Crippen LogP contribution in [0.4, 0.5) is 5.69 Å². The third-order valence-electron chi connectivity index (χ3n) is 6.14. The van der Waals surface area contributed by atoms with Crippen molar-refractivity contribution in [3.8, 4) is 11.4 Å². The molecule has 0 aliphatic heterocycles. The van der Waals surface area contributed by atoms with Crippen LogP contribution in [-0.4, -0.2) is 41.2 Å². The molecule has 0 radical (unpaired) electrons. The summed E-state index contributed by atoms with van der Waals surface area (Å²) in [4.78, 5) is 42.1. The van der Waals surface area contributed by atoms with Gasteiger partial charge in [-0.05, 0) is 47.5 Å². The van der Waals surface area contributed by atoms with Crippen LogP contribution in [0.5, 0.6) is 0 Å². The Balaban J connectivity index is 0.00000129. The second-order valence-electron chi connectivity index (χ2n) is 8.96. The molecule has 0 spiro atoms. The van der Waals surface area contributed by atoms with E-state index in [9.17, 15) is 22.6 Å². The Labute approximate surface area is 241 Å². The maximum Gasteiger partial charge on any atom is 0.281 e. The summed E-state index contributed by atoms with van der Waals surface area (Å²) >= 11 is 0. The fourth-order valence-electron chi connectivity index (χ4n) is 4.22. The molecule has 0 saturated carbocycles. The molecule has 5 rings (SSSR count). The molecule has 42 heavy (non-hydrogen) atoms. The summed E-state index contributed by atoms with van der Waals surface area (Å²) in [5.41, 5.74) is 8.41. The van der Waals surface area contributed by atoms with Gasteiger partial charge in [-0.3, -0.25) is 18.9 Å². The van der Waals surface area contributed by atoms with E-state index in [1.54, 1.807) is 48.5 Å². The Morgan fingerprint density at radius 2 is 1.52 bits per heavy atom. The maximum atomic E-state index is 13.0. The number of nitrogens with one attached hydrogen (secondary N) is 3. The number of nitrogens with zero attached hydrogens (tertiary/aromatic N) is 1. The predicted octanol–water partition coefficient (Wildman–Crippen LogP) is 3.83. The molecule has 0 aliphatic rings. The zero-order chi connectivity index (χ0) is 30.1. The van der Waals surface area contributed by atoms with Gasteiger partial charge >= 0.3 is 0 Å². The molecule has 1 atom stereocenters. The van der Waals surface area contributed by atoms with Crippen LogP contribution < -0.4 is 16.4 Å². The van der Waals surface area contributed by atoms with Crippen molar-refractivity contribution in [1.29, 1.82) is 0 Å². The topological polar surface area (TPSA) is 184 Å². The summed E-state index contributed by atoms with van der Waals surface area (Å²) in [6.07, 6.45) is 0.250. The monoisotopic (exact) mass is 585 g/mol. The lowest BCUT2D eigenvalue weighted by Crippen LogP contribution is -2.33. The van der Waals surface area contributed by atoms with Gasteiger partial charge in [0.05, 0.1) is 16.7 Å². The van der Waals surface area contributed by atoms with E-state index in [4.69, 9.17) is 4.79 Å². The molecule has 6 N–H and O–H groups in total. The number of imidazole rings is 1. The zero-order valence-corrected chi connectivity index (χ0v) is 22.9. The van der Waals surface area contributed by atoms with Crippen molar-refractivity contribution in [3.05, 3.63) is 120 Å². The second kappa shape index (κ2) is 13.4. The Bertz CT molecular complexity index is 1770. The van der Waals surface area contributed by atoms with Gasteiger partial charge in [-0.1, -0.05) is 66.7 Å². The number of para-hydroxylation sites is 3. The standard InChI is InChI=1S/C29H24N4O5S.CH3NO/c34-28(33-23-11-5-4-10-22(23)27-31-24-12-6-7-13-25(24)32-27)21-16-14-19(15-17-21)18-30-29(35)26(39(36,37)38)20-8-2-1-3-9-20;2-1-3/h1-17,26H,18H2,(H,30,35)(H,31,32)(H,33,34)(H,36,37,38);1H,(H2,2,3). The molecule has 0 fully saturated rings. The number of fused-ring (bicyclic) bond motifs is 1. The average molecular weight is 586 g/mol. The van der Waals surface area contributed by atoms with Crippen LogP contribution in [0.2, 0.25) is 0 Å². The number of aromatic amines is 1. The number of rotatable bonds is 8. The van der Waals surface area contributed by atoms with Crippen LogP contribution in [0.1, 0.15) is 26.7 Å². The molecule has 11 nitrogen and oxygen atoms in total. The van der Waals surface area contributed by atoms with Gasteiger partial charge in [-0.15, -0.1) is 0 Å². The molecular weight excluding hydrogens is 558 g/mol. The number of primary amides is 1. The predicted molar refractivity (Wildman–Crippen MR) is 159 cm³/mol. The highest BCUT2D eigenvalue weighted by Crippen LogP contribution is 2.28. The van der Waals surface area contributed by atoms with E-state index in [1.807, 2.05) is 42.5 Å². The van der Waals surface area contributed by atoms with Gasteiger partial charge in [0, 0.05) is 17.7 Å². The first-order valence-corrected chi connectivity index (χ1v) is 14.1. The van der Waals surface area contributed by atoms with Gasteiger partial charge < -0.3 is 21.4 Å². The molecule has 0 bridgehead atoms. The van der Waals surface area contributed by atoms with Crippen LogP contribution in [0.15, 0.2) is 103 Å². The van der Waals surface area contributed by atoms with E-state index < -0.39 is 21.3 Å².